The molecular formula is C15H20FN5O4. The second kappa shape index (κ2) is 6.04. The first-order valence-electron chi connectivity index (χ1n) is 8.30. The van der Waals surface area contributed by atoms with Crippen LogP contribution >= 0.6 is 0 Å². The van der Waals surface area contributed by atoms with Gasteiger partial charge in [-0.3, -0.25) is 4.57 Å². The first-order chi connectivity index (χ1) is 12.0. The van der Waals surface area contributed by atoms with Gasteiger partial charge in [0.2, 0.25) is 5.95 Å². The third-order valence-corrected chi connectivity index (χ3v) is 4.82. The number of imidazole rings is 1. The average Bonchev–Trinajstić information content (AvgIpc) is 3.28. The molecule has 4 N–H and O–H groups in total. The Bertz CT molecular complexity index is 848. The van der Waals surface area contributed by atoms with Crippen molar-refractivity contribution in [3.63, 3.8) is 0 Å². The summed E-state index contributed by atoms with van der Waals surface area (Å²) in [5.74, 6) is 0.433. The molecule has 2 aromatic rings. The lowest BCUT2D eigenvalue weighted by Crippen LogP contribution is -2.33. The van der Waals surface area contributed by atoms with Gasteiger partial charge in [-0.15, -0.1) is 0 Å². The molecule has 0 aromatic carbocycles. The molecule has 0 radical (unpaired) electrons. The fraction of sp³-hybridized carbons (Fsp3) is 0.667. The van der Waals surface area contributed by atoms with Crippen molar-refractivity contribution in [2.24, 2.45) is 5.92 Å². The SMILES string of the molecule is Nc1ncc2c(n1)n([C@@H]1O[C@H](C(O)CF)C[C@H]1O)c(=O)n2CC1CC1. The van der Waals surface area contributed by atoms with E-state index in [1.54, 1.807) is 4.57 Å². The number of halogens is 1. The van der Waals surface area contributed by atoms with Gasteiger partial charge in [0.05, 0.1) is 12.3 Å². The Hall–Kier alpha value is -2.04. The van der Waals surface area contributed by atoms with Crippen molar-refractivity contribution in [3.05, 3.63) is 16.7 Å². The molecule has 2 aromatic heterocycles. The van der Waals surface area contributed by atoms with Gasteiger partial charge >= 0.3 is 5.69 Å². The van der Waals surface area contributed by atoms with Crippen molar-refractivity contribution in [2.75, 3.05) is 12.4 Å². The zero-order valence-electron chi connectivity index (χ0n) is 13.5. The number of aromatic nitrogens is 4. The van der Waals surface area contributed by atoms with E-state index in [9.17, 15) is 19.4 Å². The normalized spacial score (nSPS) is 27.9. The van der Waals surface area contributed by atoms with Gasteiger partial charge in [0.15, 0.2) is 11.9 Å². The molecule has 9 nitrogen and oxygen atoms in total. The number of anilines is 1. The van der Waals surface area contributed by atoms with Crippen LogP contribution in [0.15, 0.2) is 11.0 Å². The highest BCUT2D eigenvalue weighted by Crippen LogP contribution is 2.34. The van der Waals surface area contributed by atoms with Crippen LogP contribution in [0.2, 0.25) is 0 Å². The number of nitrogen functional groups attached to an aromatic ring is 1. The lowest BCUT2D eigenvalue weighted by atomic mass is 10.1. The van der Waals surface area contributed by atoms with Crippen LogP contribution in [-0.2, 0) is 11.3 Å². The van der Waals surface area contributed by atoms with E-state index in [1.807, 2.05) is 0 Å². The summed E-state index contributed by atoms with van der Waals surface area (Å²) in [6.45, 7) is -0.452. The van der Waals surface area contributed by atoms with E-state index in [2.05, 4.69) is 9.97 Å². The molecule has 1 saturated heterocycles. The predicted octanol–water partition coefficient (Wildman–Crippen LogP) is -0.436. The van der Waals surface area contributed by atoms with Crippen LogP contribution < -0.4 is 11.4 Å². The number of hydrogen-bond acceptors (Lipinski definition) is 7. The lowest BCUT2D eigenvalue weighted by Gasteiger charge is -2.17. The molecule has 4 rings (SSSR count). The van der Waals surface area contributed by atoms with Crippen LogP contribution in [0.25, 0.3) is 11.2 Å². The van der Waals surface area contributed by atoms with Crippen molar-refractivity contribution in [1.29, 1.82) is 0 Å². The van der Waals surface area contributed by atoms with Crippen LogP contribution in [0, 0.1) is 5.92 Å². The van der Waals surface area contributed by atoms with E-state index in [0.717, 1.165) is 12.8 Å². The van der Waals surface area contributed by atoms with Crippen molar-refractivity contribution in [2.45, 2.75) is 50.3 Å². The van der Waals surface area contributed by atoms with Crippen molar-refractivity contribution in [3.8, 4) is 0 Å². The summed E-state index contributed by atoms with van der Waals surface area (Å²) in [5, 5.41) is 20.0. The summed E-state index contributed by atoms with van der Waals surface area (Å²) in [5.41, 5.74) is 6.04. The standard InChI is InChI=1S/C15H20FN5O4/c16-4-10(23)11-3-9(22)13(25-11)21-12-8(5-18-14(17)19-12)20(15(21)24)6-7-1-2-7/h5,7,9-11,13,22-23H,1-4,6H2,(H2,17,18,19)/t9-,10?,11+,13-/m1/s1. The average molecular weight is 353 g/mol. The minimum atomic E-state index is -1.35. The number of nitrogens with zero attached hydrogens (tertiary/aromatic N) is 4. The third-order valence-electron chi connectivity index (χ3n) is 4.82. The molecule has 0 amide bonds. The largest absolute Gasteiger partial charge is 0.388 e. The Balaban J connectivity index is 1.79. The first-order valence-corrected chi connectivity index (χ1v) is 8.30. The zero-order valence-corrected chi connectivity index (χ0v) is 13.5. The number of aliphatic hydroxyl groups excluding tert-OH is 2. The van der Waals surface area contributed by atoms with Crippen LogP contribution in [0.5, 0.6) is 0 Å². The van der Waals surface area contributed by atoms with E-state index in [0.29, 0.717) is 18.0 Å². The monoisotopic (exact) mass is 353 g/mol. The van der Waals surface area contributed by atoms with Crippen molar-refractivity contribution >= 4 is 17.1 Å². The van der Waals surface area contributed by atoms with Gasteiger partial charge in [-0.2, -0.15) is 4.98 Å². The van der Waals surface area contributed by atoms with Crippen LogP contribution in [0.1, 0.15) is 25.5 Å². The van der Waals surface area contributed by atoms with Crippen LogP contribution in [0.4, 0.5) is 10.3 Å². The minimum absolute atomic E-state index is 0.00217. The summed E-state index contributed by atoms with van der Waals surface area (Å²) in [6.07, 6.45) is -0.751. The van der Waals surface area contributed by atoms with Crippen molar-refractivity contribution in [1.82, 2.24) is 19.1 Å². The Morgan fingerprint density at radius 3 is 2.92 bits per heavy atom. The number of nitrogens with two attached hydrogens (primary N) is 1. The molecule has 136 valence electrons. The summed E-state index contributed by atoms with van der Waals surface area (Å²) in [7, 11) is 0. The maximum atomic E-state index is 12.9. The Morgan fingerprint density at radius 2 is 2.24 bits per heavy atom. The molecule has 4 atom stereocenters. The molecule has 1 unspecified atom stereocenters. The molecule has 1 saturated carbocycles. The number of rotatable bonds is 5. The quantitative estimate of drug-likeness (QED) is 0.665. The first kappa shape index (κ1) is 16.4. The minimum Gasteiger partial charge on any atom is -0.388 e. The van der Waals surface area contributed by atoms with Crippen molar-refractivity contribution < 1.29 is 19.3 Å². The van der Waals surface area contributed by atoms with Crippen LogP contribution in [-0.4, -0.2) is 54.3 Å². The molecular weight excluding hydrogens is 333 g/mol. The molecule has 3 heterocycles. The van der Waals surface area contributed by atoms with Gasteiger partial charge in [-0.25, -0.2) is 18.7 Å². The summed E-state index contributed by atoms with van der Waals surface area (Å²) >= 11 is 0. The Morgan fingerprint density at radius 1 is 1.48 bits per heavy atom. The molecule has 1 aliphatic heterocycles. The molecule has 0 bridgehead atoms. The molecule has 10 heteroatoms. The maximum absolute atomic E-state index is 12.9. The van der Waals surface area contributed by atoms with Gasteiger partial charge in [-0.05, 0) is 18.8 Å². The molecule has 0 spiro atoms. The second-order valence-corrected chi connectivity index (χ2v) is 6.73. The van der Waals surface area contributed by atoms with E-state index in [1.165, 1.54) is 10.8 Å². The number of aliphatic hydroxyl groups is 2. The molecule has 2 aliphatic rings. The highest BCUT2D eigenvalue weighted by Gasteiger charge is 2.41. The van der Waals surface area contributed by atoms with E-state index >= 15 is 0 Å². The summed E-state index contributed by atoms with van der Waals surface area (Å²) < 4.78 is 21.1. The van der Waals surface area contributed by atoms with Gasteiger partial charge < -0.3 is 20.7 Å². The van der Waals surface area contributed by atoms with Gasteiger partial charge in [0.1, 0.15) is 24.4 Å². The Kier molecular flexibility index (Phi) is 3.97. The fourth-order valence-electron chi connectivity index (χ4n) is 3.30. The second-order valence-electron chi connectivity index (χ2n) is 6.73. The highest BCUT2D eigenvalue weighted by atomic mass is 19.1. The lowest BCUT2D eigenvalue weighted by molar-refractivity contribution is -0.0797. The van der Waals surface area contributed by atoms with E-state index < -0.39 is 31.2 Å². The number of hydrogen-bond donors (Lipinski definition) is 3. The van der Waals surface area contributed by atoms with E-state index in [-0.39, 0.29) is 23.7 Å². The number of alkyl halides is 1. The van der Waals surface area contributed by atoms with E-state index in [4.69, 9.17) is 10.5 Å². The topological polar surface area (TPSA) is 128 Å². The molecule has 2 fully saturated rings. The fourth-order valence-corrected chi connectivity index (χ4v) is 3.30. The van der Waals surface area contributed by atoms with Gasteiger partial charge in [-0.1, -0.05) is 0 Å². The molecule has 1 aliphatic carbocycles. The van der Waals surface area contributed by atoms with Crippen LogP contribution in [0.3, 0.4) is 0 Å². The Labute approximate surface area is 141 Å². The van der Waals surface area contributed by atoms with Gasteiger partial charge in [0, 0.05) is 13.0 Å². The number of fused-ring (bicyclic) bond motifs is 1. The number of ether oxygens (including phenoxy) is 1. The summed E-state index contributed by atoms with van der Waals surface area (Å²) in [6, 6.07) is 0. The molecule has 25 heavy (non-hydrogen) atoms. The highest BCUT2D eigenvalue weighted by molar-refractivity contribution is 5.72. The third kappa shape index (κ3) is 2.79. The zero-order chi connectivity index (χ0) is 17.7. The predicted molar refractivity (Wildman–Crippen MR) is 85.4 cm³/mol. The smallest absolute Gasteiger partial charge is 0.332 e. The summed E-state index contributed by atoms with van der Waals surface area (Å²) in [4.78, 5) is 21.0. The van der Waals surface area contributed by atoms with Gasteiger partial charge in [0.25, 0.3) is 0 Å². The maximum Gasteiger partial charge on any atom is 0.332 e.